The highest BCUT2D eigenvalue weighted by Gasteiger charge is 2.41. The van der Waals surface area contributed by atoms with E-state index in [1.807, 2.05) is 115 Å². The second-order valence-electron chi connectivity index (χ2n) is 15.9. The van der Waals surface area contributed by atoms with Gasteiger partial charge in [-0.3, -0.25) is 14.9 Å². The molecule has 0 unspecified atom stereocenters. The molecule has 8 rings (SSSR count). The summed E-state index contributed by atoms with van der Waals surface area (Å²) >= 11 is 0. The van der Waals surface area contributed by atoms with Crippen LogP contribution in [-0.2, 0) is 28.2 Å². The summed E-state index contributed by atoms with van der Waals surface area (Å²) in [6.07, 6.45) is 3.87. The van der Waals surface area contributed by atoms with Crippen LogP contribution in [0.1, 0.15) is 63.9 Å². The Kier molecular flexibility index (Phi) is 13.1. The third kappa shape index (κ3) is 9.48. The largest absolute Gasteiger partial charge is 0.493 e. The normalized spacial score (nSPS) is 16.7. The minimum atomic E-state index is -0.898. The predicted octanol–water partition coefficient (Wildman–Crippen LogP) is 9.75. The number of carbonyl (C=O) groups excluding carboxylic acids is 2. The van der Waals surface area contributed by atoms with Crippen molar-refractivity contribution in [2.45, 2.75) is 50.4 Å². The van der Waals surface area contributed by atoms with Crippen molar-refractivity contribution in [3.63, 3.8) is 0 Å². The SMILES string of the molecule is COC(=O)[C@H](COc1cccc(OCC2CCC(CN3Cc4ccc(OCc5ccccc5)c(F)c4C3=O)CC2)c1)NC(c1ccccc1)(c1ccccc1)c1ccccc1. The first-order valence-electron chi connectivity index (χ1n) is 21.1. The van der Waals surface area contributed by atoms with Crippen molar-refractivity contribution in [3.8, 4) is 17.2 Å². The van der Waals surface area contributed by atoms with Crippen LogP contribution in [0, 0.1) is 17.7 Å². The lowest BCUT2D eigenvalue weighted by atomic mass is 9.76. The van der Waals surface area contributed by atoms with Gasteiger partial charge in [-0.2, -0.15) is 0 Å². The van der Waals surface area contributed by atoms with E-state index in [1.54, 1.807) is 11.0 Å². The first-order valence-corrected chi connectivity index (χ1v) is 21.1. The number of methoxy groups -OCH3 is 1. The van der Waals surface area contributed by atoms with Gasteiger partial charge in [0.2, 0.25) is 0 Å². The highest BCUT2D eigenvalue weighted by atomic mass is 19.1. The number of esters is 1. The molecule has 0 radical (unpaired) electrons. The van der Waals surface area contributed by atoms with Crippen LogP contribution in [0.3, 0.4) is 0 Å². The molecule has 1 heterocycles. The molecule has 1 N–H and O–H groups in total. The Morgan fingerprint density at radius 1 is 0.705 bits per heavy atom. The topological polar surface area (TPSA) is 86.3 Å². The number of rotatable bonds is 17. The number of ether oxygens (including phenoxy) is 4. The fourth-order valence-corrected chi connectivity index (χ4v) is 8.72. The second kappa shape index (κ2) is 19.3. The third-order valence-corrected chi connectivity index (χ3v) is 11.9. The summed E-state index contributed by atoms with van der Waals surface area (Å²) in [5, 5.41) is 3.69. The van der Waals surface area contributed by atoms with Gasteiger partial charge in [0, 0.05) is 19.2 Å². The van der Waals surface area contributed by atoms with Gasteiger partial charge < -0.3 is 23.8 Å². The predicted molar refractivity (Wildman–Crippen MR) is 233 cm³/mol. The first kappa shape index (κ1) is 41.3. The van der Waals surface area contributed by atoms with E-state index in [-0.39, 0.29) is 30.4 Å². The minimum absolute atomic E-state index is 0.00876. The van der Waals surface area contributed by atoms with Crippen LogP contribution in [0.5, 0.6) is 17.2 Å². The maximum absolute atomic E-state index is 15.5. The molecule has 6 aromatic carbocycles. The highest BCUT2D eigenvalue weighted by Crippen LogP contribution is 2.38. The summed E-state index contributed by atoms with van der Waals surface area (Å²) in [5.41, 5.74) is 3.78. The van der Waals surface area contributed by atoms with Crippen molar-refractivity contribution in [2.24, 2.45) is 11.8 Å². The molecule has 1 aliphatic carbocycles. The zero-order valence-corrected chi connectivity index (χ0v) is 34.4. The number of nitrogens with zero attached hydrogens (tertiary/aromatic N) is 1. The second-order valence-corrected chi connectivity index (χ2v) is 15.9. The van der Waals surface area contributed by atoms with E-state index in [2.05, 4.69) is 41.7 Å². The molecule has 0 aromatic heterocycles. The van der Waals surface area contributed by atoms with E-state index in [0.29, 0.717) is 48.6 Å². The van der Waals surface area contributed by atoms with Crippen molar-refractivity contribution >= 4 is 11.9 Å². The van der Waals surface area contributed by atoms with Gasteiger partial charge in [0.1, 0.15) is 30.8 Å². The van der Waals surface area contributed by atoms with E-state index in [0.717, 1.165) is 47.9 Å². The van der Waals surface area contributed by atoms with E-state index in [4.69, 9.17) is 18.9 Å². The number of halogens is 1. The number of fused-ring (bicyclic) bond motifs is 1. The fourth-order valence-electron chi connectivity index (χ4n) is 8.72. The first-order chi connectivity index (χ1) is 29.9. The molecular formula is C52H51FN2O6. The Morgan fingerprint density at radius 2 is 1.26 bits per heavy atom. The molecule has 1 atom stereocenters. The van der Waals surface area contributed by atoms with Gasteiger partial charge >= 0.3 is 5.97 Å². The van der Waals surface area contributed by atoms with E-state index >= 15 is 4.39 Å². The molecule has 1 saturated carbocycles. The molecule has 2 aliphatic rings. The summed E-state index contributed by atoms with van der Waals surface area (Å²) in [5.74, 6) is 0.778. The summed E-state index contributed by atoms with van der Waals surface area (Å²) in [7, 11) is 1.39. The van der Waals surface area contributed by atoms with Gasteiger partial charge in [0.25, 0.3) is 5.91 Å². The summed E-state index contributed by atoms with van der Waals surface area (Å²) in [6.45, 7) is 1.81. The number of benzene rings is 6. The fraction of sp³-hybridized carbons (Fsp3) is 0.269. The van der Waals surface area contributed by atoms with Crippen molar-refractivity contribution in [1.82, 2.24) is 10.2 Å². The lowest BCUT2D eigenvalue weighted by molar-refractivity contribution is -0.144. The van der Waals surface area contributed by atoms with Gasteiger partial charge in [-0.1, -0.05) is 133 Å². The average Bonchev–Trinajstić information content (AvgIpc) is 3.64. The van der Waals surface area contributed by atoms with Crippen molar-refractivity contribution in [2.75, 3.05) is 26.9 Å². The summed E-state index contributed by atoms with van der Waals surface area (Å²) < 4.78 is 39.3. The Labute approximate surface area is 357 Å². The molecule has 1 fully saturated rings. The smallest absolute Gasteiger partial charge is 0.326 e. The zero-order valence-electron chi connectivity index (χ0n) is 34.4. The maximum Gasteiger partial charge on any atom is 0.326 e. The minimum Gasteiger partial charge on any atom is -0.493 e. The molecule has 1 aliphatic heterocycles. The Hall–Kier alpha value is -6.45. The molecule has 0 bridgehead atoms. The quantitative estimate of drug-likeness (QED) is 0.0725. The average molecular weight is 819 g/mol. The molecular weight excluding hydrogens is 768 g/mol. The van der Waals surface area contributed by atoms with Gasteiger partial charge in [-0.15, -0.1) is 0 Å². The van der Waals surface area contributed by atoms with Crippen LogP contribution in [0.25, 0.3) is 0 Å². The van der Waals surface area contributed by atoms with Crippen molar-refractivity contribution in [3.05, 3.63) is 197 Å². The maximum atomic E-state index is 15.5. The van der Waals surface area contributed by atoms with Crippen LogP contribution >= 0.6 is 0 Å². The Morgan fingerprint density at radius 3 is 1.85 bits per heavy atom. The van der Waals surface area contributed by atoms with Crippen LogP contribution in [0.4, 0.5) is 4.39 Å². The molecule has 1 amide bonds. The van der Waals surface area contributed by atoms with Crippen LogP contribution < -0.4 is 19.5 Å². The Bertz CT molecular complexity index is 2280. The van der Waals surface area contributed by atoms with Gasteiger partial charge in [-0.25, -0.2) is 4.39 Å². The number of nitrogens with one attached hydrogen (secondary N) is 1. The van der Waals surface area contributed by atoms with Gasteiger partial charge in [0.15, 0.2) is 11.6 Å². The lowest BCUT2D eigenvalue weighted by Crippen LogP contribution is -2.55. The molecule has 8 nitrogen and oxygen atoms in total. The van der Waals surface area contributed by atoms with Gasteiger partial charge in [0.05, 0.1) is 24.8 Å². The lowest BCUT2D eigenvalue weighted by Gasteiger charge is -2.39. The number of hydrogen-bond acceptors (Lipinski definition) is 7. The zero-order chi connectivity index (χ0) is 42.0. The molecule has 312 valence electrons. The van der Waals surface area contributed by atoms with Crippen molar-refractivity contribution < 1.29 is 32.9 Å². The van der Waals surface area contributed by atoms with Crippen LogP contribution in [0.2, 0.25) is 0 Å². The van der Waals surface area contributed by atoms with Crippen molar-refractivity contribution in [1.29, 1.82) is 0 Å². The van der Waals surface area contributed by atoms with E-state index in [1.165, 1.54) is 7.11 Å². The summed E-state index contributed by atoms with van der Waals surface area (Å²) in [6, 6.07) is 50.0. The third-order valence-electron chi connectivity index (χ3n) is 11.9. The van der Waals surface area contributed by atoms with Gasteiger partial charge in [-0.05, 0) is 83.5 Å². The van der Waals surface area contributed by atoms with E-state index < -0.39 is 23.4 Å². The molecule has 0 saturated heterocycles. The molecule has 61 heavy (non-hydrogen) atoms. The summed E-state index contributed by atoms with van der Waals surface area (Å²) in [4.78, 5) is 28.7. The number of carbonyl (C=O) groups is 2. The highest BCUT2D eigenvalue weighted by molar-refractivity contribution is 5.99. The Balaban J connectivity index is 0.859. The number of amides is 1. The van der Waals surface area contributed by atoms with Crippen LogP contribution in [-0.4, -0.2) is 49.7 Å². The van der Waals surface area contributed by atoms with Crippen LogP contribution in [0.15, 0.2) is 158 Å². The molecule has 0 spiro atoms. The van der Waals surface area contributed by atoms with E-state index in [9.17, 15) is 9.59 Å². The number of hydrogen-bond donors (Lipinski definition) is 1. The standard InChI is InChI=1S/C52H51FN2O6/c1-58-51(57)46(54-52(41-17-8-3-9-18-41,42-19-10-4-11-20-42)43-21-12-5-13-22-43)36-60-45-24-14-23-44(31-45)59-34-39-27-25-37(26-28-39)32-55-33-40-29-30-47(49(53)48(40)50(55)56)61-35-38-15-6-2-7-16-38/h2-24,29-31,37,39,46,54H,25-28,32-36H2,1H3/t37?,39?,46-/m0/s1. The monoisotopic (exact) mass is 818 g/mol. The molecule has 9 heteroatoms. The molecule has 6 aromatic rings.